The Morgan fingerprint density at radius 2 is 1.78 bits per heavy atom. The van der Waals surface area contributed by atoms with Gasteiger partial charge in [0.25, 0.3) is 5.91 Å². The summed E-state index contributed by atoms with van der Waals surface area (Å²) in [4.78, 5) is 17.8. The molecule has 1 N–H and O–H groups in total. The summed E-state index contributed by atoms with van der Waals surface area (Å²) in [7, 11) is -3.41. The number of aryl methyl sites for hydroxylation is 1. The summed E-state index contributed by atoms with van der Waals surface area (Å²) in [6.45, 7) is 1.85. The van der Waals surface area contributed by atoms with Gasteiger partial charge in [0.2, 0.25) is 5.88 Å². The second-order valence-corrected chi connectivity index (χ2v) is 9.75. The summed E-state index contributed by atoms with van der Waals surface area (Å²) in [6, 6.07) is 20.3. The van der Waals surface area contributed by atoms with Crippen molar-refractivity contribution in [2.45, 2.75) is 11.8 Å². The summed E-state index contributed by atoms with van der Waals surface area (Å²) >= 11 is 6.04. The van der Waals surface area contributed by atoms with Gasteiger partial charge >= 0.3 is 0 Å². The fourth-order valence-electron chi connectivity index (χ4n) is 3.17. The van der Waals surface area contributed by atoms with Crippen LogP contribution in [0.4, 0.5) is 5.69 Å². The van der Waals surface area contributed by atoms with Crippen molar-refractivity contribution in [3.05, 3.63) is 88.9 Å². The second kappa shape index (κ2) is 8.61. The number of benzene rings is 3. The van der Waals surface area contributed by atoms with E-state index in [-0.39, 0.29) is 16.3 Å². The predicted molar refractivity (Wildman–Crippen MR) is 126 cm³/mol. The van der Waals surface area contributed by atoms with Crippen LogP contribution in [0, 0.1) is 6.92 Å². The van der Waals surface area contributed by atoms with Crippen molar-refractivity contribution in [1.29, 1.82) is 0 Å². The van der Waals surface area contributed by atoms with Gasteiger partial charge in [-0.3, -0.25) is 4.79 Å². The Hall–Kier alpha value is -3.42. The van der Waals surface area contributed by atoms with E-state index >= 15 is 0 Å². The topological polar surface area (TPSA) is 85.4 Å². The minimum absolute atomic E-state index is 0.111. The molecule has 8 heteroatoms. The van der Waals surface area contributed by atoms with E-state index in [1.165, 1.54) is 12.1 Å². The summed E-state index contributed by atoms with van der Waals surface area (Å²) < 4.78 is 29.7. The lowest BCUT2D eigenvalue weighted by atomic mass is 10.1. The molecule has 0 radical (unpaired) electrons. The molecule has 4 rings (SSSR count). The second-order valence-electron chi connectivity index (χ2n) is 7.30. The monoisotopic (exact) mass is 466 g/mol. The molecule has 0 unspecified atom stereocenters. The highest BCUT2D eigenvalue weighted by molar-refractivity contribution is 7.90. The standard InChI is InChI=1S/C24H19ClN2O4S/c1-15-12-17(25)10-11-22(15)31-24-20(13-16-6-3-4-9-21(16)27-24)23(28)26-18-7-5-8-19(14-18)32(2,29)30/h3-14H,1-2H3,(H,26,28). The SMILES string of the molecule is Cc1cc(Cl)ccc1Oc1nc2ccccc2cc1C(=O)Nc1cccc(S(C)(=O)=O)c1. The van der Waals surface area contributed by atoms with Crippen LogP contribution in [0.5, 0.6) is 11.6 Å². The highest BCUT2D eigenvalue weighted by atomic mass is 35.5. The lowest BCUT2D eigenvalue weighted by Crippen LogP contribution is -2.14. The molecular formula is C24H19ClN2O4S. The van der Waals surface area contributed by atoms with Gasteiger partial charge in [-0.2, -0.15) is 0 Å². The van der Waals surface area contributed by atoms with Crippen molar-refractivity contribution in [3.63, 3.8) is 0 Å². The molecule has 0 bridgehead atoms. The van der Waals surface area contributed by atoms with Crippen LogP contribution < -0.4 is 10.1 Å². The Bertz CT molecular complexity index is 1450. The third-order valence-electron chi connectivity index (χ3n) is 4.80. The van der Waals surface area contributed by atoms with Gasteiger partial charge < -0.3 is 10.1 Å². The van der Waals surface area contributed by atoms with Gasteiger partial charge in [-0.15, -0.1) is 0 Å². The number of anilines is 1. The molecule has 32 heavy (non-hydrogen) atoms. The highest BCUT2D eigenvalue weighted by Crippen LogP contribution is 2.31. The fraction of sp³-hybridized carbons (Fsp3) is 0.0833. The van der Waals surface area contributed by atoms with Crippen molar-refractivity contribution < 1.29 is 17.9 Å². The molecule has 0 saturated carbocycles. The molecule has 0 atom stereocenters. The van der Waals surface area contributed by atoms with Gasteiger partial charge in [0.05, 0.1) is 10.4 Å². The number of carbonyl (C=O) groups is 1. The zero-order valence-electron chi connectivity index (χ0n) is 17.3. The van der Waals surface area contributed by atoms with Crippen LogP contribution >= 0.6 is 11.6 Å². The lowest BCUT2D eigenvalue weighted by Gasteiger charge is -2.14. The number of fused-ring (bicyclic) bond motifs is 1. The van der Waals surface area contributed by atoms with E-state index in [0.717, 1.165) is 17.2 Å². The summed E-state index contributed by atoms with van der Waals surface area (Å²) in [5.74, 6) is 0.173. The molecule has 0 aliphatic carbocycles. The first-order valence-corrected chi connectivity index (χ1v) is 11.9. The molecule has 0 aliphatic heterocycles. The fourth-order valence-corrected chi connectivity index (χ4v) is 4.07. The molecule has 1 heterocycles. The molecule has 0 saturated heterocycles. The van der Waals surface area contributed by atoms with Gasteiger partial charge in [0.1, 0.15) is 11.3 Å². The van der Waals surface area contributed by atoms with Crippen LogP contribution in [0.25, 0.3) is 10.9 Å². The number of hydrogen-bond acceptors (Lipinski definition) is 5. The number of nitrogens with one attached hydrogen (secondary N) is 1. The van der Waals surface area contributed by atoms with Gasteiger partial charge in [-0.05, 0) is 61.0 Å². The molecule has 0 fully saturated rings. The number of para-hydroxylation sites is 1. The minimum atomic E-state index is -3.41. The maximum atomic E-state index is 13.2. The average molecular weight is 467 g/mol. The number of halogens is 1. The van der Waals surface area contributed by atoms with Gasteiger partial charge in [0, 0.05) is 22.4 Å². The van der Waals surface area contributed by atoms with Crippen molar-refractivity contribution in [1.82, 2.24) is 4.98 Å². The van der Waals surface area contributed by atoms with Crippen LogP contribution in [0.3, 0.4) is 0 Å². The number of amides is 1. The first-order chi connectivity index (χ1) is 15.2. The van der Waals surface area contributed by atoms with Gasteiger partial charge in [-0.1, -0.05) is 35.9 Å². The normalized spacial score (nSPS) is 11.3. The van der Waals surface area contributed by atoms with E-state index in [0.29, 0.717) is 22.0 Å². The van der Waals surface area contributed by atoms with Crippen molar-refractivity contribution in [2.75, 3.05) is 11.6 Å². The van der Waals surface area contributed by atoms with Crippen LogP contribution in [0.15, 0.2) is 77.7 Å². The van der Waals surface area contributed by atoms with Crippen molar-refractivity contribution >= 4 is 43.9 Å². The Morgan fingerprint density at radius 3 is 2.53 bits per heavy atom. The van der Waals surface area contributed by atoms with Gasteiger partial charge in [0.15, 0.2) is 9.84 Å². The minimum Gasteiger partial charge on any atom is -0.438 e. The van der Waals surface area contributed by atoms with E-state index in [1.807, 2.05) is 31.2 Å². The highest BCUT2D eigenvalue weighted by Gasteiger charge is 2.18. The zero-order valence-corrected chi connectivity index (χ0v) is 18.9. The third-order valence-corrected chi connectivity index (χ3v) is 6.14. The first kappa shape index (κ1) is 21.8. The quantitative estimate of drug-likeness (QED) is 0.411. The first-order valence-electron chi connectivity index (χ1n) is 9.66. The van der Waals surface area contributed by atoms with Crippen LogP contribution in [-0.4, -0.2) is 25.6 Å². The van der Waals surface area contributed by atoms with Crippen LogP contribution in [-0.2, 0) is 9.84 Å². The number of aromatic nitrogens is 1. The summed E-state index contributed by atoms with van der Waals surface area (Å²) in [5, 5.41) is 4.08. The molecular weight excluding hydrogens is 448 g/mol. The van der Waals surface area contributed by atoms with E-state index in [9.17, 15) is 13.2 Å². The number of nitrogens with zero attached hydrogens (tertiary/aromatic N) is 1. The largest absolute Gasteiger partial charge is 0.438 e. The molecule has 162 valence electrons. The molecule has 3 aromatic carbocycles. The van der Waals surface area contributed by atoms with Crippen molar-refractivity contribution in [2.24, 2.45) is 0 Å². The van der Waals surface area contributed by atoms with E-state index in [2.05, 4.69) is 10.3 Å². The third kappa shape index (κ3) is 4.74. The Morgan fingerprint density at radius 1 is 1.00 bits per heavy atom. The number of rotatable bonds is 5. The Kier molecular flexibility index (Phi) is 5.86. The number of hydrogen-bond donors (Lipinski definition) is 1. The number of carbonyl (C=O) groups excluding carboxylic acids is 1. The average Bonchev–Trinajstić information content (AvgIpc) is 2.75. The smallest absolute Gasteiger partial charge is 0.261 e. The summed E-state index contributed by atoms with van der Waals surface area (Å²) in [6.07, 6.45) is 1.11. The molecule has 0 spiro atoms. The maximum absolute atomic E-state index is 13.2. The van der Waals surface area contributed by atoms with Crippen LogP contribution in [0.1, 0.15) is 15.9 Å². The Labute approximate surface area is 190 Å². The summed E-state index contributed by atoms with van der Waals surface area (Å²) in [5.41, 5.74) is 2.02. The zero-order chi connectivity index (χ0) is 22.9. The lowest BCUT2D eigenvalue weighted by molar-refractivity contribution is 0.102. The molecule has 1 amide bonds. The Balaban J connectivity index is 1.75. The van der Waals surface area contributed by atoms with Gasteiger partial charge in [-0.25, -0.2) is 13.4 Å². The molecule has 0 aliphatic rings. The molecule has 1 aromatic heterocycles. The predicted octanol–water partition coefficient (Wildman–Crippen LogP) is 5.64. The van der Waals surface area contributed by atoms with Crippen LogP contribution in [0.2, 0.25) is 5.02 Å². The van der Waals surface area contributed by atoms with Crippen molar-refractivity contribution in [3.8, 4) is 11.6 Å². The molecule has 6 nitrogen and oxygen atoms in total. The maximum Gasteiger partial charge on any atom is 0.261 e. The van der Waals surface area contributed by atoms with E-state index in [1.54, 1.807) is 36.4 Å². The van der Waals surface area contributed by atoms with E-state index in [4.69, 9.17) is 16.3 Å². The molecule has 4 aromatic rings. The number of pyridine rings is 1. The van der Waals surface area contributed by atoms with E-state index < -0.39 is 15.7 Å². The number of sulfone groups is 1. The number of ether oxygens (including phenoxy) is 1.